The molecule has 0 radical (unpaired) electrons. The first-order chi connectivity index (χ1) is 36.6. The van der Waals surface area contributed by atoms with Crippen LogP contribution in [0, 0.1) is 22.7 Å². The zero-order valence-electron chi connectivity index (χ0n) is 39.7. The van der Waals surface area contributed by atoms with Crippen molar-refractivity contribution in [2.45, 2.75) is 0 Å². The molecule has 0 atom stereocenters. The lowest BCUT2D eigenvalue weighted by molar-refractivity contribution is 1.07. The van der Waals surface area contributed by atoms with E-state index in [2.05, 4.69) is 183 Å². The van der Waals surface area contributed by atoms with Crippen LogP contribution in [0.4, 0.5) is 68.2 Å². The first kappa shape index (κ1) is 43.4. The van der Waals surface area contributed by atoms with Crippen molar-refractivity contribution in [2.24, 2.45) is 0 Å². The second-order valence-corrected chi connectivity index (χ2v) is 17.9. The van der Waals surface area contributed by atoms with E-state index in [0.29, 0.717) is 34.2 Å². The van der Waals surface area contributed by atoms with Gasteiger partial charge in [-0.2, -0.15) is 10.5 Å². The van der Waals surface area contributed by atoms with Gasteiger partial charge in [0.05, 0.1) is 80.1 Å². The molecule has 0 saturated carbocycles. The molecule has 11 aromatic rings. The van der Waals surface area contributed by atoms with E-state index in [1.54, 1.807) is 0 Å². The Morgan fingerprint density at radius 1 is 0.257 bits per heavy atom. The Bertz CT molecular complexity index is 3940. The molecule has 10 aromatic carbocycles. The highest BCUT2D eigenvalue weighted by atomic mass is 15.3. The summed E-state index contributed by atoms with van der Waals surface area (Å²) in [7, 11) is 0. The summed E-state index contributed by atoms with van der Waals surface area (Å²) >= 11 is 0. The van der Waals surface area contributed by atoms with Crippen molar-refractivity contribution in [3.05, 3.63) is 260 Å². The molecular formula is C65H41N9. The summed E-state index contributed by atoms with van der Waals surface area (Å²) in [5.41, 5.74) is 16.4. The van der Waals surface area contributed by atoms with Gasteiger partial charge in [-0.3, -0.25) is 0 Å². The van der Waals surface area contributed by atoms with Crippen molar-refractivity contribution in [1.29, 1.82) is 10.5 Å². The highest BCUT2D eigenvalue weighted by Crippen LogP contribution is 2.57. The summed E-state index contributed by atoms with van der Waals surface area (Å²) < 4.78 is 0. The highest BCUT2D eigenvalue weighted by molar-refractivity contribution is 6.05. The van der Waals surface area contributed by atoms with E-state index in [1.807, 2.05) is 97.1 Å². The van der Waals surface area contributed by atoms with Gasteiger partial charge in [0.1, 0.15) is 0 Å². The molecule has 0 fully saturated rings. The topological polar surface area (TPSA) is 99.2 Å². The minimum atomic E-state index is 0.423. The molecule has 0 aliphatic carbocycles. The van der Waals surface area contributed by atoms with Gasteiger partial charge in [-0.25, -0.2) is 15.0 Å². The monoisotopic (exact) mass is 947 g/mol. The van der Waals surface area contributed by atoms with Crippen molar-refractivity contribution >= 4 is 68.2 Å². The van der Waals surface area contributed by atoms with Crippen LogP contribution in [0.25, 0.3) is 45.3 Å². The normalized spacial score (nSPS) is 12.2. The Balaban J connectivity index is 1.07. The number of aromatic nitrogens is 3. The Kier molecular flexibility index (Phi) is 10.7. The molecule has 0 amide bonds. The molecular weight excluding hydrogens is 907 g/mol. The van der Waals surface area contributed by atoms with E-state index < -0.39 is 0 Å². The number of rotatable bonds is 8. The Morgan fingerprint density at radius 2 is 0.649 bits per heavy atom. The molecule has 0 spiro atoms. The molecule has 9 nitrogen and oxygen atoms in total. The molecule has 0 saturated heterocycles. The lowest BCUT2D eigenvalue weighted by Crippen LogP contribution is -2.24. The van der Waals surface area contributed by atoms with Crippen LogP contribution >= 0.6 is 0 Å². The van der Waals surface area contributed by atoms with Crippen LogP contribution in [0.3, 0.4) is 0 Å². The van der Waals surface area contributed by atoms with Crippen molar-refractivity contribution in [1.82, 2.24) is 15.0 Å². The Hall–Kier alpha value is -10.6. The predicted molar refractivity (Wildman–Crippen MR) is 297 cm³/mol. The van der Waals surface area contributed by atoms with Gasteiger partial charge >= 0.3 is 0 Å². The van der Waals surface area contributed by atoms with Crippen LogP contribution in [0.1, 0.15) is 11.1 Å². The number of hydrogen-bond donors (Lipinski definition) is 0. The summed E-state index contributed by atoms with van der Waals surface area (Å²) in [6, 6.07) is 88.9. The van der Waals surface area contributed by atoms with Gasteiger partial charge < -0.3 is 19.6 Å². The minimum absolute atomic E-state index is 0.423. The van der Waals surface area contributed by atoms with Crippen molar-refractivity contribution in [3.63, 3.8) is 0 Å². The summed E-state index contributed by atoms with van der Waals surface area (Å²) in [4.78, 5) is 25.4. The lowest BCUT2D eigenvalue weighted by atomic mass is 9.97. The molecule has 3 heterocycles. The zero-order chi connectivity index (χ0) is 49.5. The third-order valence-corrected chi connectivity index (χ3v) is 13.6. The van der Waals surface area contributed by atoms with Gasteiger partial charge in [-0.1, -0.05) is 133 Å². The predicted octanol–water partition coefficient (Wildman–Crippen LogP) is 16.8. The zero-order valence-corrected chi connectivity index (χ0v) is 39.7. The lowest BCUT2D eigenvalue weighted by Gasteiger charge is -2.41. The molecule has 0 N–H and O–H groups in total. The average molecular weight is 948 g/mol. The number of para-hydroxylation sites is 10. The van der Waals surface area contributed by atoms with Crippen LogP contribution < -0.4 is 19.6 Å². The number of anilines is 12. The number of nitriles is 2. The maximum atomic E-state index is 10.6. The van der Waals surface area contributed by atoms with Crippen molar-refractivity contribution < 1.29 is 0 Å². The number of nitrogens with zero attached hydrogens (tertiary/aromatic N) is 9. The first-order valence-electron chi connectivity index (χ1n) is 24.3. The maximum Gasteiger partial charge on any atom is 0.166 e. The van der Waals surface area contributed by atoms with Gasteiger partial charge in [0.2, 0.25) is 0 Å². The fourth-order valence-corrected chi connectivity index (χ4v) is 10.3. The molecule has 0 bridgehead atoms. The van der Waals surface area contributed by atoms with Crippen molar-refractivity contribution in [3.8, 4) is 57.4 Å². The molecule has 2 aliphatic rings. The van der Waals surface area contributed by atoms with Gasteiger partial charge in [0.25, 0.3) is 0 Å². The van der Waals surface area contributed by atoms with Crippen LogP contribution in [-0.4, -0.2) is 15.0 Å². The quantitative estimate of drug-likeness (QED) is 0.147. The van der Waals surface area contributed by atoms with E-state index in [4.69, 9.17) is 15.0 Å². The first-order valence-corrected chi connectivity index (χ1v) is 24.3. The highest BCUT2D eigenvalue weighted by Gasteiger charge is 2.34. The molecule has 74 heavy (non-hydrogen) atoms. The second-order valence-electron chi connectivity index (χ2n) is 17.9. The largest absolute Gasteiger partial charge is 0.306 e. The van der Waals surface area contributed by atoms with Crippen LogP contribution in [-0.2, 0) is 0 Å². The smallest absolute Gasteiger partial charge is 0.166 e. The fraction of sp³-hybridized carbons (Fsp3) is 0. The number of fused-ring (bicyclic) bond motifs is 4. The SMILES string of the molecule is N#Cc1cccc(-c2ccc(N3c4ccccc4N(c4ccccc4)c4ccccc43)c(-c3nc(-c4ccccc4)nc(-c4ccc(C#N)cc4N4c5ccccc5N(c5ccccc5)c5ccccc54)n3)c2)c1. The Labute approximate surface area is 428 Å². The van der Waals surface area contributed by atoms with Gasteiger partial charge in [0.15, 0.2) is 17.5 Å². The van der Waals surface area contributed by atoms with Gasteiger partial charge in [-0.15, -0.1) is 0 Å². The van der Waals surface area contributed by atoms with Crippen molar-refractivity contribution in [2.75, 3.05) is 19.6 Å². The van der Waals surface area contributed by atoms with E-state index in [9.17, 15) is 10.5 Å². The Morgan fingerprint density at radius 3 is 1.15 bits per heavy atom. The third-order valence-electron chi connectivity index (χ3n) is 13.6. The molecule has 9 heteroatoms. The summed E-state index contributed by atoms with van der Waals surface area (Å²) in [5.74, 6) is 1.34. The minimum Gasteiger partial charge on any atom is -0.306 e. The van der Waals surface area contributed by atoms with E-state index in [0.717, 1.165) is 90.5 Å². The van der Waals surface area contributed by atoms with Gasteiger partial charge in [-0.05, 0) is 126 Å². The fourth-order valence-electron chi connectivity index (χ4n) is 10.3. The number of hydrogen-bond acceptors (Lipinski definition) is 9. The molecule has 0 unspecified atom stereocenters. The summed E-state index contributed by atoms with van der Waals surface area (Å²) in [6.07, 6.45) is 0. The summed E-state index contributed by atoms with van der Waals surface area (Å²) in [6.45, 7) is 0. The average Bonchev–Trinajstić information content (AvgIpc) is 3.48. The second kappa shape index (κ2) is 18.3. The molecule has 1 aromatic heterocycles. The van der Waals surface area contributed by atoms with Gasteiger partial charge in [0, 0.05) is 28.1 Å². The van der Waals surface area contributed by atoms with Crippen LogP contribution in [0.15, 0.2) is 249 Å². The standard InChI is InChI=1S/C65H41N9/c66-42-44-19-18-22-47(39-44)48-36-38-53(73-58-31-14-10-27-54(58)71(49-23-6-2-7-24-49)55-28-11-15-32-59(55)73)52(41-48)65-69-63(46-20-4-1-5-21-46)68-64(70-65)51-37-35-45(43-67)40-62(51)74-60-33-16-12-29-56(60)72(50-25-8-3-9-26-50)57-30-13-17-34-61(57)74/h1-41H. The summed E-state index contributed by atoms with van der Waals surface area (Å²) in [5, 5.41) is 20.6. The van der Waals surface area contributed by atoms with E-state index in [1.165, 1.54) is 0 Å². The number of benzene rings is 10. The van der Waals surface area contributed by atoms with E-state index in [-0.39, 0.29) is 0 Å². The van der Waals surface area contributed by atoms with Crippen LogP contribution in [0.2, 0.25) is 0 Å². The third kappa shape index (κ3) is 7.45. The van der Waals surface area contributed by atoms with E-state index >= 15 is 0 Å². The van der Waals surface area contributed by atoms with Crippen LogP contribution in [0.5, 0.6) is 0 Å². The molecule has 2 aliphatic heterocycles. The molecule has 13 rings (SSSR count). The maximum absolute atomic E-state index is 10.6. The molecule has 346 valence electrons.